The van der Waals surface area contributed by atoms with Crippen LogP contribution in [0.3, 0.4) is 0 Å². The highest BCUT2D eigenvalue weighted by molar-refractivity contribution is 6.11. The summed E-state index contributed by atoms with van der Waals surface area (Å²) in [4.78, 5) is 38.4. The molecule has 4 heterocycles. The van der Waals surface area contributed by atoms with Crippen LogP contribution in [0.4, 0.5) is 26.2 Å². The number of ether oxygens (including phenoxy) is 2. The highest BCUT2D eigenvalue weighted by atomic mass is 19.1. The zero-order chi connectivity index (χ0) is 28.6. The van der Waals surface area contributed by atoms with Crippen molar-refractivity contribution in [3.63, 3.8) is 0 Å². The van der Waals surface area contributed by atoms with Crippen molar-refractivity contribution in [2.75, 3.05) is 55.3 Å². The number of fused-ring (bicyclic) bond motifs is 1. The molecule has 2 aromatic heterocycles. The fourth-order valence-corrected chi connectivity index (χ4v) is 4.63. The Bertz CT molecular complexity index is 1470. The summed E-state index contributed by atoms with van der Waals surface area (Å²) in [6.07, 6.45) is 4.63. The van der Waals surface area contributed by atoms with Gasteiger partial charge in [0.15, 0.2) is 11.5 Å². The van der Waals surface area contributed by atoms with Crippen molar-refractivity contribution >= 4 is 40.9 Å². The molecule has 0 bridgehead atoms. The third kappa shape index (κ3) is 5.86. The smallest absolute Gasteiger partial charge is 0.410 e. The molecule has 0 radical (unpaired) electrons. The van der Waals surface area contributed by atoms with Gasteiger partial charge in [-0.25, -0.2) is 14.2 Å². The summed E-state index contributed by atoms with van der Waals surface area (Å²) in [5.41, 5.74) is 9.05. The molecule has 0 atom stereocenters. The average molecular weight is 552 g/mol. The third-order valence-corrected chi connectivity index (χ3v) is 6.70. The van der Waals surface area contributed by atoms with Crippen molar-refractivity contribution in [3.05, 3.63) is 53.2 Å². The molecule has 2 aliphatic rings. The van der Waals surface area contributed by atoms with E-state index < -0.39 is 17.3 Å². The number of hydrogen-bond acceptors (Lipinski definition) is 8. The zero-order valence-corrected chi connectivity index (χ0v) is 23.1. The molecule has 2 aliphatic heterocycles. The fourth-order valence-electron chi connectivity index (χ4n) is 4.63. The lowest BCUT2D eigenvalue weighted by atomic mass is 10.0. The number of benzene rings is 1. The van der Waals surface area contributed by atoms with E-state index >= 15 is 0 Å². The third-order valence-electron chi connectivity index (χ3n) is 6.70. The van der Waals surface area contributed by atoms with E-state index in [2.05, 4.69) is 20.2 Å². The first kappa shape index (κ1) is 27.4. The Labute approximate surface area is 231 Å². The minimum atomic E-state index is -0.566. The number of nitrogens with two attached hydrogens (primary N) is 1. The van der Waals surface area contributed by atoms with Crippen molar-refractivity contribution in [1.82, 2.24) is 14.3 Å². The van der Waals surface area contributed by atoms with Crippen LogP contribution in [0.25, 0.3) is 5.65 Å². The van der Waals surface area contributed by atoms with Crippen LogP contribution < -0.4 is 16.0 Å². The van der Waals surface area contributed by atoms with Crippen LogP contribution in [0.2, 0.25) is 0 Å². The molecule has 0 aliphatic carbocycles. The SMILES string of the molecule is Cc1cn2cc(NC(=O)c3ccc(N4CCN(C(=O)OC(C)(C)C)CC4)c(C=NC4COC4)c3N)cc(F)c2n1. The van der Waals surface area contributed by atoms with Crippen molar-refractivity contribution in [3.8, 4) is 0 Å². The second-order valence-electron chi connectivity index (χ2n) is 11.0. The molecule has 3 aromatic rings. The number of nitrogen functional groups attached to an aromatic ring is 1. The molecule has 0 unspecified atom stereocenters. The summed E-state index contributed by atoms with van der Waals surface area (Å²) in [6, 6.07) is 4.74. The van der Waals surface area contributed by atoms with Gasteiger partial charge in [0.05, 0.1) is 41.9 Å². The molecule has 1 aromatic carbocycles. The van der Waals surface area contributed by atoms with Gasteiger partial charge in [-0.2, -0.15) is 0 Å². The zero-order valence-electron chi connectivity index (χ0n) is 23.1. The second-order valence-corrected chi connectivity index (χ2v) is 11.0. The average Bonchev–Trinajstić information content (AvgIpc) is 3.23. The molecule has 12 heteroatoms. The van der Waals surface area contributed by atoms with Gasteiger partial charge >= 0.3 is 6.09 Å². The molecule has 11 nitrogen and oxygen atoms in total. The standard InChI is InChI=1S/C28H34FN7O4/c1-17-13-36-14-18(11-22(29)25(36)32-17)33-26(37)20-5-6-23(21(24(20)30)12-31-19-15-39-16-19)34-7-9-35(10-8-34)27(38)40-28(2,3)4/h5-6,11-14,19H,7-10,15-16,30H2,1-4H3,(H,33,37). The quantitative estimate of drug-likeness (QED) is 0.367. The molecular weight excluding hydrogens is 517 g/mol. The summed E-state index contributed by atoms with van der Waals surface area (Å²) >= 11 is 0. The predicted molar refractivity (Wildman–Crippen MR) is 151 cm³/mol. The predicted octanol–water partition coefficient (Wildman–Crippen LogP) is 3.49. The summed E-state index contributed by atoms with van der Waals surface area (Å²) < 4.78 is 26.8. The molecule has 3 N–H and O–H groups in total. The van der Waals surface area contributed by atoms with Gasteiger partial charge in [-0.15, -0.1) is 0 Å². The highest BCUT2D eigenvalue weighted by Crippen LogP contribution is 2.30. The molecule has 5 rings (SSSR count). The van der Waals surface area contributed by atoms with Crippen LogP contribution in [0, 0.1) is 12.7 Å². The first-order valence-electron chi connectivity index (χ1n) is 13.2. The Hall–Kier alpha value is -4.19. The lowest BCUT2D eigenvalue weighted by molar-refractivity contribution is 0.0135. The minimum Gasteiger partial charge on any atom is -0.444 e. The monoisotopic (exact) mass is 551 g/mol. The number of carbonyl (C=O) groups is 2. The van der Waals surface area contributed by atoms with Crippen molar-refractivity contribution < 1.29 is 23.5 Å². The van der Waals surface area contributed by atoms with E-state index in [4.69, 9.17) is 15.2 Å². The Kier molecular flexibility index (Phi) is 7.37. The van der Waals surface area contributed by atoms with E-state index in [9.17, 15) is 14.0 Å². The number of nitrogens with one attached hydrogen (secondary N) is 1. The molecule has 212 valence electrons. The molecule has 0 saturated carbocycles. The van der Waals surface area contributed by atoms with Gasteiger partial charge in [0.25, 0.3) is 5.91 Å². The Morgan fingerprint density at radius 1 is 1.20 bits per heavy atom. The van der Waals surface area contributed by atoms with Crippen LogP contribution in [-0.2, 0) is 9.47 Å². The van der Waals surface area contributed by atoms with E-state index in [0.29, 0.717) is 50.7 Å². The maximum absolute atomic E-state index is 14.6. The van der Waals surface area contributed by atoms with Gasteiger partial charge in [-0.3, -0.25) is 9.79 Å². The largest absolute Gasteiger partial charge is 0.444 e. The molecule has 0 spiro atoms. The maximum atomic E-state index is 14.6. The van der Waals surface area contributed by atoms with Crippen LogP contribution in [0.5, 0.6) is 0 Å². The number of aromatic nitrogens is 2. The molecule has 40 heavy (non-hydrogen) atoms. The number of rotatable bonds is 5. The number of aliphatic imine (C=N–C) groups is 1. The van der Waals surface area contributed by atoms with E-state index in [0.717, 1.165) is 5.69 Å². The van der Waals surface area contributed by atoms with E-state index in [1.165, 1.54) is 10.5 Å². The number of nitrogens with zero attached hydrogens (tertiary/aromatic N) is 5. The van der Waals surface area contributed by atoms with Crippen molar-refractivity contribution in [2.24, 2.45) is 4.99 Å². The highest BCUT2D eigenvalue weighted by Gasteiger charge is 2.28. The summed E-state index contributed by atoms with van der Waals surface area (Å²) in [5, 5.41) is 2.75. The van der Waals surface area contributed by atoms with Crippen molar-refractivity contribution in [1.29, 1.82) is 0 Å². The second kappa shape index (κ2) is 10.8. The number of piperazine rings is 1. The van der Waals surface area contributed by atoms with Gasteiger partial charge in [-0.1, -0.05) is 0 Å². The van der Waals surface area contributed by atoms with Gasteiger partial charge in [0, 0.05) is 62.1 Å². The lowest BCUT2D eigenvalue weighted by Crippen LogP contribution is -2.50. The van der Waals surface area contributed by atoms with Gasteiger partial charge in [0.2, 0.25) is 0 Å². The number of aryl methyl sites for hydroxylation is 1. The number of imidazole rings is 1. The normalized spacial score (nSPS) is 16.4. The Morgan fingerprint density at radius 2 is 1.93 bits per heavy atom. The van der Waals surface area contributed by atoms with Gasteiger partial charge < -0.3 is 34.7 Å². The van der Waals surface area contributed by atoms with E-state index in [1.54, 1.807) is 36.5 Å². The van der Waals surface area contributed by atoms with E-state index in [-0.39, 0.29) is 34.7 Å². The van der Waals surface area contributed by atoms with Crippen molar-refractivity contribution in [2.45, 2.75) is 39.3 Å². The lowest BCUT2D eigenvalue weighted by Gasteiger charge is -2.37. The van der Waals surface area contributed by atoms with E-state index in [1.807, 2.05) is 26.8 Å². The van der Waals surface area contributed by atoms with Crippen LogP contribution in [-0.4, -0.2) is 83.5 Å². The number of carbonyl (C=O) groups excluding carboxylic acids is 2. The molecule has 2 amide bonds. The minimum absolute atomic E-state index is 0.0297. The fraction of sp³-hybridized carbons (Fsp3) is 0.429. The summed E-state index contributed by atoms with van der Waals surface area (Å²) in [7, 11) is 0. The number of hydrogen-bond donors (Lipinski definition) is 2. The topological polar surface area (TPSA) is 127 Å². The number of pyridine rings is 1. The first-order chi connectivity index (χ1) is 19.0. The summed E-state index contributed by atoms with van der Waals surface area (Å²) in [6.45, 7) is 10.4. The number of amides is 2. The molecular formula is C28H34FN7O4. The molecule has 2 fully saturated rings. The maximum Gasteiger partial charge on any atom is 0.410 e. The Balaban J connectivity index is 1.38. The van der Waals surface area contributed by atoms with Crippen LogP contribution in [0.1, 0.15) is 42.4 Å². The van der Waals surface area contributed by atoms with Gasteiger partial charge in [-0.05, 0) is 39.8 Å². The summed E-state index contributed by atoms with van der Waals surface area (Å²) in [5.74, 6) is -1.02. The number of halogens is 1. The van der Waals surface area contributed by atoms with Crippen LogP contribution >= 0.6 is 0 Å². The van der Waals surface area contributed by atoms with Gasteiger partial charge in [0.1, 0.15) is 5.60 Å². The number of anilines is 3. The Morgan fingerprint density at radius 3 is 2.58 bits per heavy atom. The molecule has 2 saturated heterocycles. The first-order valence-corrected chi connectivity index (χ1v) is 13.2. The van der Waals surface area contributed by atoms with Crippen LogP contribution in [0.15, 0.2) is 35.6 Å².